The van der Waals surface area contributed by atoms with Crippen molar-refractivity contribution in [2.45, 2.75) is 241 Å². The minimum atomic E-state index is -1.90. The van der Waals surface area contributed by atoms with Gasteiger partial charge in [-0.2, -0.15) is 0 Å². The molecule has 22 heteroatoms. The smallest absolute Gasteiger partial charge is 0.316 e. The van der Waals surface area contributed by atoms with E-state index in [1.165, 1.54) is 25.2 Å². The zero-order chi connectivity index (χ0) is 55.4. The Bertz CT molecular complexity index is 2120. The molecule has 0 radical (unpaired) electrons. The van der Waals surface area contributed by atoms with Gasteiger partial charge in [-0.15, -0.1) is 0 Å². The molecule has 22 nitrogen and oxygen atoms in total. The van der Waals surface area contributed by atoms with Crippen LogP contribution in [0.3, 0.4) is 0 Å². The Morgan fingerprint density at radius 2 is 1.28 bits per heavy atom. The number of carbonyl (C=O) groups excluding carboxylic acids is 1. The number of cyclic esters (lactones) is 1. The number of fused-ring (bicyclic) bond motifs is 4. The first-order chi connectivity index (χ1) is 35.7. The molecule has 9 rings (SSSR count). The third-order valence-electron chi connectivity index (χ3n) is 20.1. The van der Waals surface area contributed by atoms with Gasteiger partial charge in [0.15, 0.2) is 25.2 Å². The standard InChI is InChI=1S/C54H86O22/c1-23(2)11-10-16-53(8)31-14-18-52(7)25-12-13-30-50(4,5)33(15-17-51(30,6)26(25)19-32(58)54(31,52)49(66)76-53)72-48-44(34(59)27(57)22-68-48)75-45-38(63)37(62)41(24(3)69-45)73-47-40(65)43(36(61)29(21-56)71-47)74-46-39(64)42(67-9)35(60)28(20-55)70-46/h11,19,24-25,27-48,55-65H,10,12-18,20-22H2,1-9H3/t24-,25-,27-,28-,29-,30+,31-,32+,33+,34+,35-,36-,37-,38-,39-,40-,41-,42+,43+,44-,45+,46+,47+,48+,51-,52+,53+,54+/m1/s1. The average Bonchev–Trinajstić information content (AvgIpc) is 4.07. The Morgan fingerprint density at radius 3 is 1.91 bits per heavy atom. The fourth-order valence-corrected chi connectivity index (χ4v) is 16.0. The lowest BCUT2D eigenvalue weighted by Gasteiger charge is -2.64. The highest BCUT2D eigenvalue weighted by Crippen LogP contribution is 2.76. The van der Waals surface area contributed by atoms with Crippen LogP contribution < -0.4 is 0 Å². The molecule has 4 aliphatic carbocycles. The molecule has 76 heavy (non-hydrogen) atoms. The first kappa shape index (κ1) is 58.8. The lowest BCUT2D eigenvalue weighted by atomic mass is 9.40. The van der Waals surface area contributed by atoms with Crippen molar-refractivity contribution < 1.29 is 108 Å². The summed E-state index contributed by atoms with van der Waals surface area (Å²) in [5, 5.41) is 122. The maximum atomic E-state index is 14.4. The van der Waals surface area contributed by atoms with E-state index in [1.807, 2.05) is 6.08 Å². The highest BCUT2D eigenvalue weighted by Gasteiger charge is 2.79. The van der Waals surface area contributed by atoms with Crippen LogP contribution in [-0.2, 0) is 52.2 Å². The molecule has 434 valence electrons. The molecule has 0 bridgehead atoms. The Hall–Kier alpha value is -1.85. The van der Waals surface area contributed by atoms with Crippen molar-refractivity contribution in [2.24, 2.45) is 39.4 Å². The normalized spacial score (nSPS) is 52.9. The van der Waals surface area contributed by atoms with Crippen molar-refractivity contribution in [2.75, 3.05) is 26.9 Å². The minimum Gasteiger partial charge on any atom is -0.458 e. The quantitative estimate of drug-likeness (QED) is 0.0598. The molecule has 0 aromatic carbocycles. The number of aliphatic hydroxyl groups excluding tert-OH is 11. The Labute approximate surface area is 444 Å². The van der Waals surface area contributed by atoms with Crippen LogP contribution in [0, 0.1) is 39.4 Å². The molecule has 3 saturated carbocycles. The Kier molecular flexibility index (Phi) is 16.9. The van der Waals surface area contributed by atoms with Crippen LogP contribution in [-0.4, -0.2) is 224 Å². The number of methoxy groups -OCH3 is 1. The maximum absolute atomic E-state index is 14.4. The molecule has 9 aliphatic rings. The van der Waals surface area contributed by atoms with Crippen molar-refractivity contribution in [1.82, 2.24) is 0 Å². The van der Waals surface area contributed by atoms with Gasteiger partial charge in [0, 0.05) is 13.0 Å². The second-order valence-electron chi connectivity index (χ2n) is 24.9. The van der Waals surface area contributed by atoms with E-state index in [2.05, 4.69) is 54.5 Å². The lowest BCUT2D eigenvalue weighted by Crippen LogP contribution is -2.67. The van der Waals surface area contributed by atoms with Gasteiger partial charge in [-0.3, -0.25) is 4.79 Å². The molecular formula is C54H86O22. The highest BCUT2D eigenvalue weighted by atomic mass is 16.8. The largest absolute Gasteiger partial charge is 0.458 e. The van der Waals surface area contributed by atoms with E-state index in [0.29, 0.717) is 19.3 Å². The first-order valence-electron chi connectivity index (χ1n) is 27.4. The van der Waals surface area contributed by atoms with Crippen molar-refractivity contribution in [3.8, 4) is 0 Å². The van der Waals surface area contributed by atoms with Crippen LogP contribution in [0.25, 0.3) is 0 Å². The third kappa shape index (κ3) is 9.40. The average molecular weight is 1090 g/mol. The van der Waals surface area contributed by atoms with Crippen LogP contribution in [0.15, 0.2) is 23.3 Å². The summed E-state index contributed by atoms with van der Waals surface area (Å²) >= 11 is 0. The second-order valence-corrected chi connectivity index (χ2v) is 24.9. The minimum absolute atomic E-state index is 0.0512. The fourth-order valence-electron chi connectivity index (χ4n) is 16.0. The van der Waals surface area contributed by atoms with Crippen LogP contribution in [0.5, 0.6) is 0 Å². The summed E-state index contributed by atoms with van der Waals surface area (Å²) in [6.45, 7) is 14.6. The van der Waals surface area contributed by atoms with Crippen molar-refractivity contribution in [1.29, 1.82) is 0 Å². The molecular weight excluding hydrogens is 1000 g/mol. The summed E-state index contributed by atoms with van der Waals surface area (Å²) in [6.07, 6.45) is -21.1. The van der Waals surface area contributed by atoms with Gasteiger partial charge in [-0.05, 0) is 107 Å². The number of allylic oxidation sites excluding steroid dienone is 3. The molecule has 5 heterocycles. The molecule has 1 spiro atoms. The van der Waals surface area contributed by atoms with Crippen molar-refractivity contribution in [3.63, 3.8) is 0 Å². The monoisotopic (exact) mass is 1090 g/mol. The van der Waals surface area contributed by atoms with Gasteiger partial charge in [-0.25, -0.2) is 0 Å². The molecule has 0 aromatic rings. The van der Waals surface area contributed by atoms with E-state index in [4.69, 9.17) is 47.4 Å². The zero-order valence-corrected chi connectivity index (χ0v) is 45.2. The van der Waals surface area contributed by atoms with E-state index in [-0.39, 0.29) is 35.7 Å². The predicted octanol–water partition coefficient (Wildman–Crippen LogP) is -0.417. The van der Waals surface area contributed by atoms with Crippen LogP contribution >= 0.6 is 0 Å². The summed E-state index contributed by atoms with van der Waals surface area (Å²) < 4.78 is 59.8. The molecule has 5 aliphatic heterocycles. The number of rotatable bonds is 14. The van der Waals surface area contributed by atoms with Crippen molar-refractivity contribution in [3.05, 3.63) is 23.3 Å². The number of hydrogen-bond donors (Lipinski definition) is 11. The molecule has 0 unspecified atom stereocenters. The van der Waals surface area contributed by atoms with Gasteiger partial charge in [0.2, 0.25) is 0 Å². The zero-order valence-electron chi connectivity index (χ0n) is 45.2. The number of ether oxygens (including phenoxy) is 10. The summed E-state index contributed by atoms with van der Waals surface area (Å²) in [5.74, 6) is -0.298. The molecule has 28 atom stereocenters. The van der Waals surface area contributed by atoms with E-state index >= 15 is 0 Å². The maximum Gasteiger partial charge on any atom is 0.316 e. The summed E-state index contributed by atoms with van der Waals surface area (Å²) in [7, 11) is 1.21. The van der Waals surface area contributed by atoms with E-state index in [9.17, 15) is 61.0 Å². The van der Waals surface area contributed by atoms with Crippen LogP contribution in [0.1, 0.15) is 107 Å². The van der Waals surface area contributed by atoms with Gasteiger partial charge in [0.05, 0.1) is 38.1 Å². The van der Waals surface area contributed by atoms with E-state index in [0.717, 1.165) is 32.1 Å². The molecule has 0 amide bonds. The van der Waals surface area contributed by atoms with Gasteiger partial charge >= 0.3 is 5.97 Å². The van der Waals surface area contributed by atoms with Crippen LogP contribution in [0.4, 0.5) is 0 Å². The van der Waals surface area contributed by atoms with E-state index in [1.54, 1.807) is 0 Å². The second kappa shape index (κ2) is 21.8. The summed E-state index contributed by atoms with van der Waals surface area (Å²) in [4.78, 5) is 14.4. The SMILES string of the molecule is CO[C@@H]1[C@@H](O)[C@H](O[C@@H]2[C@@H](O)[C@H](O[C@H]3[C@H](O)[C@@H](O)[C@H](O[C@H]4[C@H](O[C@H]5CC[C@]6(C)C7=C[C@H](O)[C@]89C(=O)O[C@@](C)(CCC=C(C)C)[C@H]8CC[C@@]9(C)[C@@H]7CC[C@H]6C5(C)C)OC[C@@H](O)[C@@H]4O)O[C@@H]3C)O[C@H](CO)[C@H]2O)O[C@H](CO)[C@H]1O. The predicted molar refractivity (Wildman–Crippen MR) is 262 cm³/mol. The summed E-state index contributed by atoms with van der Waals surface area (Å²) in [5.41, 5.74) is -0.741. The van der Waals surface area contributed by atoms with Gasteiger partial charge in [0.25, 0.3) is 0 Å². The van der Waals surface area contributed by atoms with Gasteiger partial charge in [-0.1, -0.05) is 51.0 Å². The Balaban J connectivity index is 0.874. The van der Waals surface area contributed by atoms with Crippen molar-refractivity contribution >= 4 is 5.97 Å². The topological polar surface area (TPSA) is 332 Å². The molecule has 0 aromatic heterocycles. The molecule has 5 saturated heterocycles. The number of carbonyl (C=O) groups is 1. The first-order valence-corrected chi connectivity index (χ1v) is 27.4. The fraction of sp³-hybridized carbons (Fsp3) is 0.907. The highest BCUT2D eigenvalue weighted by molar-refractivity contribution is 5.84. The molecule has 11 N–H and O–H groups in total. The number of esters is 1. The Morgan fingerprint density at radius 1 is 0.671 bits per heavy atom. The summed E-state index contributed by atoms with van der Waals surface area (Å²) in [6, 6.07) is 0. The van der Waals surface area contributed by atoms with E-state index < -0.39 is 164 Å². The number of aliphatic hydroxyl groups is 11. The lowest BCUT2D eigenvalue weighted by molar-refractivity contribution is -0.389. The number of hydrogen-bond acceptors (Lipinski definition) is 22. The van der Waals surface area contributed by atoms with Gasteiger partial charge < -0.3 is 104 Å². The molecule has 8 fully saturated rings. The van der Waals surface area contributed by atoms with Crippen LogP contribution in [0.2, 0.25) is 0 Å². The third-order valence-corrected chi connectivity index (χ3v) is 20.1. The van der Waals surface area contributed by atoms with Gasteiger partial charge in [0.1, 0.15) is 96.5 Å².